The Labute approximate surface area is 171 Å². The SMILES string of the molecule is Cc1cc(NCCc2ccccc2F)nc(Nc2ccc(N3CCCC3)cc2)n1. The monoisotopic (exact) mass is 391 g/mol. The first-order valence-electron chi connectivity index (χ1n) is 10.1. The van der Waals surface area contributed by atoms with E-state index in [0.29, 0.717) is 24.5 Å². The molecule has 0 amide bonds. The van der Waals surface area contributed by atoms with Crippen molar-refractivity contribution in [1.82, 2.24) is 9.97 Å². The number of halogens is 1. The fraction of sp³-hybridized carbons (Fsp3) is 0.304. The second-order valence-electron chi connectivity index (χ2n) is 7.35. The Morgan fingerprint density at radius 1 is 1.00 bits per heavy atom. The molecule has 5 nitrogen and oxygen atoms in total. The molecule has 0 aliphatic carbocycles. The fourth-order valence-electron chi connectivity index (χ4n) is 3.60. The zero-order chi connectivity index (χ0) is 20.1. The van der Waals surface area contributed by atoms with E-state index < -0.39 is 0 Å². The van der Waals surface area contributed by atoms with Gasteiger partial charge in [0.2, 0.25) is 5.95 Å². The number of rotatable bonds is 7. The number of nitrogens with one attached hydrogen (secondary N) is 2. The second kappa shape index (κ2) is 8.90. The van der Waals surface area contributed by atoms with Crippen molar-refractivity contribution in [1.29, 1.82) is 0 Å². The van der Waals surface area contributed by atoms with Crippen LogP contribution in [0, 0.1) is 12.7 Å². The van der Waals surface area contributed by atoms with Crippen molar-refractivity contribution in [3.63, 3.8) is 0 Å². The number of hydrogen-bond acceptors (Lipinski definition) is 5. The maximum Gasteiger partial charge on any atom is 0.229 e. The quantitative estimate of drug-likeness (QED) is 0.599. The van der Waals surface area contributed by atoms with Gasteiger partial charge in [0.25, 0.3) is 0 Å². The van der Waals surface area contributed by atoms with Crippen LogP contribution in [-0.4, -0.2) is 29.6 Å². The minimum absolute atomic E-state index is 0.173. The summed E-state index contributed by atoms with van der Waals surface area (Å²) in [6.07, 6.45) is 3.13. The fourth-order valence-corrected chi connectivity index (χ4v) is 3.60. The highest BCUT2D eigenvalue weighted by Gasteiger charge is 2.12. The van der Waals surface area contributed by atoms with E-state index in [1.807, 2.05) is 19.1 Å². The normalized spacial score (nSPS) is 13.5. The highest BCUT2D eigenvalue weighted by molar-refractivity contribution is 5.60. The molecule has 0 saturated carbocycles. The van der Waals surface area contributed by atoms with Gasteiger partial charge in [0.15, 0.2) is 0 Å². The van der Waals surface area contributed by atoms with Crippen LogP contribution in [0.4, 0.5) is 27.5 Å². The van der Waals surface area contributed by atoms with Gasteiger partial charge in [0.05, 0.1) is 0 Å². The van der Waals surface area contributed by atoms with E-state index in [2.05, 4.69) is 49.8 Å². The molecule has 2 N–H and O–H groups in total. The number of nitrogens with zero attached hydrogens (tertiary/aromatic N) is 3. The first-order valence-corrected chi connectivity index (χ1v) is 10.1. The minimum Gasteiger partial charge on any atom is -0.372 e. The van der Waals surface area contributed by atoms with Gasteiger partial charge in [0, 0.05) is 42.8 Å². The van der Waals surface area contributed by atoms with E-state index in [-0.39, 0.29) is 5.82 Å². The molecule has 4 rings (SSSR count). The van der Waals surface area contributed by atoms with E-state index in [4.69, 9.17) is 0 Å². The molecular weight excluding hydrogens is 365 g/mol. The smallest absolute Gasteiger partial charge is 0.229 e. The third kappa shape index (κ3) is 5.02. The Kier molecular flexibility index (Phi) is 5.89. The summed E-state index contributed by atoms with van der Waals surface area (Å²) in [4.78, 5) is 11.4. The molecule has 0 bridgehead atoms. The van der Waals surface area contributed by atoms with Gasteiger partial charge >= 0.3 is 0 Å². The average Bonchev–Trinajstić information content (AvgIpc) is 3.24. The molecule has 2 aromatic carbocycles. The van der Waals surface area contributed by atoms with Crippen molar-refractivity contribution in [3.8, 4) is 0 Å². The summed E-state index contributed by atoms with van der Waals surface area (Å²) in [6, 6.07) is 17.1. The number of benzene rings is 2. The average molecular weight is 391 g/mol. The summed E-state index contributed by atoms with van der Waals surface area (Å²) in [6.45, 7) is 4.80. The Hall–Kier alpha value is -3.15. The van der Waals surface area contributed by atoms with Gasteiger partial charge in [-0.2, -0.15) is 4.98 Å². The molecule has 3 aromatic rings. The minimum atomic E-state index is -0.173. The zero-order valence-electron chi connectivity index (χ0n) is 16.7. The van der Waals surface area contributed by atoms with Crippen LogP contribution >= 0.6 is 0 Å². The third-order valence-corrected chi connectivity index (χ3v) is 5.11. The Balaban J connectivity index is 1.38. The number of aromatic nitrogens is 2. The molecule has 150 valence electrons. The molecule has 29 heavy (non-hydrogen) atoms. The Bertz CT molecular complexity index is 952. The first kappa shape index (κ1) is 19.2. The Morgan fingerprint density at radius 2 is 1.76 bits per heavy atom. The summed E-state index contributed by atoms with van der Waals surface area (Å²) in [5, 5.41) is 6.55. The number of hydrogen-bond donors (Lipinski definition) is 2. The molecule has 0 radical (unpaired) electrons. The molecule has 0 unspecified atom stereocenters. The van der Waals surface area contributed by atoms with Gasteiger partial charge in [-0.3, -0.25) is 0 Å². The van der Waals surface area contributed by atoms with Crippen LogP contribution in [0.3, 0.4) is 0 Å². The molecule has 6 heteroatoms. The lowest BCUT2D eigenvalue weighted by molar-refractivity contribution is 0.610. The van der Waals surface area contributed by atoms with Gasteiger partial charge in [-0.1, -0.05) is 18.2 Å². The van der Waals surface area contributed by atoms with Crippen molar-refractivity contribution in [2.24, 2.45) is 0 Å². The molecule has 2 heterocycles. The maximum atomic E-state index is 13.7. The van der Waals surface area contributed by atoms with Crippen LogP contribution < -0.4 is 15.5 Å². The summed E-state index contributed by atoms with van der Waals surface area (Å²) < 4.78 is 13.7. The van der Waals surface area contributed by atoms with Gasteiger partial charge < -0.3 is 15.5 Å². The second-order valence-corrected chi connectivity index (χ2v) is 7.35. The molecule has 1 fully saturated rings. The van der Waals surface area contributed by atoms with E-state index >= 15 is 0 Å². The van der Waals surface area contributed by atoms with Crippen LogP contribution in [-0.2, 0) is 6.42 Å². The lowest BCUT2D eigenvalue weighted by Gasteiger charge is -2.18. The summed E-state index contributed by atoms with van der Waals surface area (Å²) in [5.74, 6) is 1.10. The maximum absolute atomic E-state index is 13.7. The van der Waals surface area contributed by atoms with Gasteiger partial charge in [-0.15, -0.1) is 0 Å². The van der Waals surface area contributed by atoms with E-state index in [9.17, 15) is 4.39 Å². The molecular formula is C23H26FN5. The van der Waals surface area contributed by atoms with Crippen LogP contribution in [0.5, 0.6) is 0 Å². The van der Waals surface area contributed by atoms with E-state index in [1.54, 1.807) is 12.1 Å². The van der Waals surface area contributed by atoms with E-state index in [1.165, 1.54) is 24.6 Å². The molecule has 0 atom stereocenters. The number of anilines is 4. The summed E-state index contributed by atoms with van der Waals surface area (Å²) in [7, 11) is 0. The van der Waals surface area contributed by atoms with Crippen LogP contribution in [0.1, 0.15) is 24.1 Å². The lowest BCUT2D eigenvalue weighted by atomic mass is 10.1. The van der Waals surface area contributed by atoms with Crippen LogP contribution in [0.2, 0.25) is 0 Å². The van der Waals surface area contributed by atoms with E-state index in [0.717, 1.165) is 30.3 Å². The highest BCUT2D eigenvalue weighted by Crippen LogP contribution is 2.23. The zero-order valence-corrected chi connectivity index (χ0v) is 16.7. The van der Waals surface area contributed by atoms with Crippen molar-refractivity contribution < 1.29 is 4.39 Å². The standard InChI is InChI=1S/C23H26FN5/c1-17-16-22(25-13-12-18-6-2-3-7-21(18)24)28-23(26-17)27-19-8-10-20(11-9-19)29-14-4-5-15-29/h2-3,6-11,16H,4-5,12-15H2,1H3,(H2,25,26,27,28). The van der Waals surface area contributed by atoms with Crippen molar-refractivity contribution in [2.45, 2.75) is 26.2 Å². The molecule has 1 saturated heterocycles. The lowest BCUT2D eigenvalue weighted by Crippen LogP contribution is -2.17. The van der Waals surface area contributed by atoms with Gasteiger partial charge in [-0.05, 0) is 62.1 Å². The molecule has 1 aliphatic heterocycles. The highest BCUT2D eigenvalue weighted by atomic mass is 19.1. The van der Waals surface area contributed by atoms with Gasteiger partial charge in [-0.25, -0.2) is 9.37 Å². The summed E-state index contributed by atoms with van der Waals surface area (Å²) in [5.41, 5.74) is 3.77. The van der Waals surface area contributed by atoms with Crippen LogP contribution in [0.15, 0.2) is 54.6 Å². The largest absolute Gasteiger partial charge is 0.372 e. The van der Waals surface area contributed by atoms with Crippen molar-refractivity contribution in [2.75, 3.05) is 35.2 Å². The Morgan fingerprint density at radius 3 is 2.52 bits per heavy atom. The molecule has 1 aromatic heterocycles. The predicted molar refractivity (Wildman–Crippen MR) is 117 cm³/mol. The topological polar surface area (TPSA) is 53.1 Å². The summed E-state index contributed by atoms with van der Waals surface area (Å²) >= 11 is 0. The third-order valence-electron chi connectivity index (χ3n) is 5.11. The molecule has 1 aliphatic rings. The van der Waals surface area contributed by atoms with Gasteiger partial charge in [0.1, 0.15) is 11.6 Å². The molecule has 0 spiro atoms. The van der Waals surface area contributed by atoms with Crippen LogP contribution in [0.25, 0.3) is 0 Å². The number of aryl methyl sites for hydroxylation is 1. The predicted octanol–water partition coefficient (Wildman–Crippen LogP) is 4.92. The van der Waals surface area contributed by atoms with Crippen molar-refractivity contribution in [3.05, 3.63) is 71.7 Å². The van der Waals surface area contributed by atoms with Crippen molar-refractivity contribution >= 4 is 23.1 Å². The first-order chi connectivity index (χ1) is 14.2.